The van der Waals surface area contributed by atoms with Crippen LogP contribution < -0.4 is 0 Å². The van der Waals surface area contributed by atoms with Gasteiger partial charge in [-0.2, -0.15) is 0 Å². The van der Waals surface area contributed by atoms with Crippen LogP contribution in [-0.2, 0) is 9.47 Å². The lowest BCUT2D eigenvalue weighted by Crippen LogP contribution is -2.33. The molecule has 0 rings (SSSR count). The smallest absolute Gasteiger partial charge is 0.0656 e. The lowest BCUT2D eigenvalue weighted by Gasteiger charge is -2.24. The van der Waals surface area contributed by atoms with E-state index in [2.05, 4.69) is 63.7 Å². The predicted molar refractivity (Wildman–Crippen MR) is 162 cm³/mol. The van der Waals surface area contributed by atoms with Crippen molar-refractivity contribution in [2.75, 3.05) is 64.0 Å². The zero-order valence-corrected chi connectivity index (χ0v) is 27.7. The van der Waals surface area contributed by atoms with Gasteiger partial charge in [-0.05, 0) is 58.7 Å². The van der Waals surface area contributed by atoms with Crippen LogP contribution in [-0.4, -0.2) is 103 Å². The molecule has 194 valence electrons. The monoisotopic (exact) mass is 560 g/mol. The third kappa shape index (κ3) is 18.0. The highest BCUT2D eigenvalue weighted by atomic mass is 33.7. The fourth-order valence-corrected chi connectivity index (χ4v) is 12.7. The molecule has 0 aliphatic heterocycles. The van der Waals surface area contributed by atoms with E-state index < -0.39 is 17.6 Å². The van der Waals surface area contributed by atoms with Gasteiger partial charge in [-0.25, -0.2) is 0 Å². The zero-order chi connectivity index (χ0) is 24.2. The van der Waals surface area contributed by atoms with Crippen molar-refractivity contribution in [2.24, 2.45) is 0 Å². The molecule has 0 aromatic heterocycles. The molecule has 2 atom stereocenters. The molecule has 0 aliphatic carbocycles. The van der Waals surface area contributed by atoms with Gasteiger partial charge in [0.05, 0.1) is 30.8 Å². The first-order valence-corrected chi connectivity index (χ1v) is 23.8. The van der Waals surface area contributed by atoms with E-state index in [1.165, 1.54) is 24.3 Å². The van der Waals surface area contributed by atoms with E-state index in [0.717, 1.165) is 52.5 Å². The summed E-state index contributed by atoms with van der Waals surface area (Å²) >= 11 is 0. The fraction of sp³-hybridized carbons (Fsp3) is 1.00. The first-order chi connectivity index (χ1) is 15.4. The summed E-state index contributed by atoms with van der Waals surface area (Å²) in [6, 6.07) is 0. The van der Waals surface area contributed by atoms with Crippen LogP contribution in [0.3, 0.4) is 0 Å². The Hall–Kier alpha value is 1.67. The summed E-state index contributed by atoms with van der Waals surface area (Å²) < 4.78 is 12.5. The number of ether oxygens (including phenoxy) is 2. The minimum absolute atomic E-state index is 0.515. The fourth-order valence-electron chi connectivity index (χ4n) is 3.40. The summed E-state index contributed by atoms with van der Waals surface area (Å²) in [5.74, 6) is 2.38. The molecular formula is C22H52N2O2S4Si2. The molecule has 32 heavy (non-hydrogen) atoms. The van der Waals surface area contributed by atoms with Gasteiger partial charge < -0.3 is 19.3 Å². The van der Waals surface area contributed by atoms with Crippen molar-refractivity contribution in [3.63, 3.8) is 0 Å². The highest BCUT2D eigenvalue weighted by Gasteiger charge is 2.17. The Balaban J connectivity index is 3.87. The molecule has 2 unspecified atom stereocenters. The van der Waals surface area contributed by atoms with Gasteiger partial charge in [0.2, 0.25) is 0 Å². The van der Waals surface area contributed by atoms with E-state index >= 15 is 0 Å². The average Bonchev–Trinajstić information content (AvgIpc) is 2.78. The Labute approximate surface area is 219 Å². The van der Waals surface area contributed by atoms with Crippen molar-refractivity contribution in [1.29, 1.82) is 0 Å². The van der Waals surface area contributed by atoms with Crippen LogP contribution >= 0.6 is 41.2 Å². The molecule has 0 amide bonds. The number of nitrogens with zero attached hydrogens (tertiary/aromatic N) is 2. The minimum atomic E-state index is -0.767. The van der Waals surface area contributed by atoms with E-state index in [0.29, 0.717) is 11.5 Å². The summed E-state index contributed by atoms with van der Waals surface area (Å²) in [5.41, 5.74) is 1.03. The molecule has 0 aliphatic rings. The van der Waals surface area contributed by atoms with Crippen LogP contribution in [0.25, 0.3) is 0 Å². The van der Waals surface area contributed by atoms with Crippen molar-refractivity contribution in [3.05, 3.63) is 0 Å². The summed E-state index contributed by atoms with van der Waals surface area (Å²) in [7, 11) is 6.35. The maximum absolute atomic E-state index is 6.27. The van der Waals surface area contributed by atoms with E-state index in [-0.39, 0.29) is 0 Å². The van der Waals surface area contributed by atoms with E-state index in [4.69, 9.17) is 9.47 Å². The van der Waals surface area contributed by atoms with Gasteiger partial charge in [0.1, 0.15) is 0 Å². The van der Waals surface area contributed by atoms with Crippen LogP contribution in [0.4, 0.5) is 0 Å². The number of likely N-dealkylation sites (N-methyl/N-ethyl adjacent to an activating group) is 2. The summed E-state index contributed by atoms with van der Waals surface area (Å²) in [4.78, 5) is 4.89. The largest absolute Gasteiger partial charge is 0.381 e. The summed E-state index contributed by atoms with van der Waals surface area (Å²) in [6.07, 6.45) is 2.40. The van der Waals surface area contributed by atoms with Crippen LogP contribution in [0, 0.1) is 0 Å². The standard InChI is InChI=1S/C22H52N2O2S4Si2/c1-9-23(10-2)15-17-25-21(31(5)6)13-19-27-29-30-28-20-14-22(32(7)8)26-18-16-24(11-3)12-4/h21-22,31-32H,9-20H2,1-8H3. The number of hydrogen-bond acceptors (Lipinski definition) is 8. The van der Waals surface area contributed by atoms with Gasteiger partial charge in [0.15, 0.2) is 0 Å². The third-order valence-corrected chi connectivity index (χ3v) is 16.4. The Morgan fingerprint density at radius 1 is 0.625 bits per heavy atom. The molecule has 0 saturated carbocycles. The van der Waals surface area contributed by atoms with Gasteiger partial charge in [0, 0.05) is 36.0 Å². The zero-order valence-electron chi connectivity index (χ0n) is 22.1. The normalized spacial score (nSPS) is 14.2. The van der Waals surface area contributed by atoms with E-state index in [1.807, 2.05) is 41.2 Å². The Bertz CT molecular complexity index is 372. The molecule has 0 aromatic carbocycles. The Kier molecular flexibility index (Phi) is 24.3. The van der Waals surface area contributed by atoms with Crippen molar-refractivity contribution in [1.82, 2.24) is 9.80 Å². The Morgan fingerprint density at radius 2 is 0.969 bits per heavy atom. The third-order valence-electron chi connectivity index (χ3n) is 5.85. The highest BCUT2D eigenvalue weighted by molar-refractivity contribution is 9.26. The second-order valence-corrected chi connectivity index (χ2v) is 21.4. The quantitative estimate of drug-likeness (QED) is 0.0859. The second kappa shape index (κ2) is 23.1. The topological polar surface area (TPSA) is 24.9 Å². The molecule has 0 bridgehead atoms. The lowest BCUT2D eigenvalue weighted by atomic mass is 10.5. The molecule has 4 nitrogen and oxygen atoms in total. The Morgan fingerprint density at radius 3 is 1.25 bits per heavy atom. The van der Waals surface area contributed by atoms with Gasteiger partial charge in [-0.1, -0.05) is 75.5 Å². The molecular weight excluding hydrogens is 509 g/mol. The van der Waals surface area contributed by atoms with Gasteiger partial charge in [0.25, 0.3) is 0 Å². The van der Waals surface area contributed by atoms with Gasteiger partial charge in [-0.3, -0.25) is 0 Å². The second-order valence-electron chi connectivity index (χ2n) is 8.72. The molecule has 0 heterocycles. The highest BCUT2D eigenvalue weighted by Crippen LogP contribution is 2.43. The minimum Gasteiger partial charge on any atom is -0.381 e. The van der Waals surface area contributed by atoms with Crippen molar-refractivity contribution < 1.29 is 9.47 Å². The molecule has 0 radical (unpaired) electrons. The summed E-state index contributed by atoms with van der Waals surface area (Å²) in [6.45, 7) is 27.0. The van der Waals surface area contributed by atoms with Crippen molar-refractivity contribution in [3.8, 4) is 0 Å². The van der Waals surface area contributed by atoms with Crippen LogP contribution in [0.2, 0.25) is 26.2 Å². The molecule has 0 N–H and O–H groups in total. The SMILES string of the molecule is CCN(CC)CCOC(CCSSSSCCC(OCCN(CC)CC)[SiH](C)C)[SiH](C)C. The summed E-state index contributed by atoms with van der Waals surface area (Å²) in [5, 5.41) is 0. The number of rotatable bonds is 23. The van der Waals surface area contributed by atoms with Gasteiger partial charge >= 0.3 is 0 Å². The van der Waals surface area contributed by atoms with Crippen molar-refractivity contribution >= 4 is 58.8 Å². The van der Waals surface area contributed by atoms with Crippen molar-refractivity contribution in [2.45, 2.75) is 78.2 Å². The molecule has 0 aromatic rings. The van der Waals surface area contributed by atoms with Crippen LogP contribution in [0.15, 0.2) is 0 Å². The van der Waals surface area contributed by atoms with E-state index in [9.17, 15) is 0 Å². The molecule has 0 spiro atoms. The molecule has 0 fully saturated rings. The molecule has 0 saturated heterocycles. The maximum atomic E-state index is 6.27. The average molecular weight is 561 g/mol. The van der Waals surface area contributed by atoms with Crippen LogP contribution in [0.1, 0.15) is 40.5 Å². The first-order valence-electron chi connectivity index (χ1n) is 12.6. The molecule has 10 heteroatoms. The van der Waals surface area contributed by atoms with Gasteiger partial charge in [-0.15, -0.1) is 0 Å². The van der Waals surface area contributed by atoms with Crippen LogP contribution in [0.5, 0.6) is 0 Å². The van der Waals surface area contributed by atoms with E-state index in [1.54, 1.807) is 0 Å². The predicted octanol–water partition coefficient (Wildman–Crippen LogP) is 5.95. The maximum Gasteiger partial charge on any atom is 0.0656 e. The number of hydrogen-bond donors (Lipinski definition) is 0. The lowest BCUT2D eigenvalue weighted by molar-refractivity contribution is 0.0797. The first kappa shape index (κ1) is 33.7.